The fraction of sp³-hybridized carbons (Fsp3) is 0.333. The largest absolute Gasteiger partial charge is 0.390 e. The zero-order valence-electron chi connectivity index (χ0n) is 15.4. The monoisotopic (exact) mass is 437 g/mol. The van der Waals surface area contributed by atoms with Crippen LogP contribution in [-0.2, 0) is 9.30 Å². The van der Waals surface area contributed by atoms with E-state index in [1.54, 1.807) is 24.3 Å². The van der Waals surface area contributed by atoms with Crippen LogP contribution in [-0.4, -0.2) is 65.2 Å². The van der Waals surface area contributed by atoms with Gasteiger partial charge in [-0.15, -0.1) is 0 Å². The molecule has 1 aliphatic rings. The van der Waals surface area contributed by atoms with Crippen LogP contribution in [0.1, 0.15) is 17.4 Å². The fourth-order valence-corrected chi connectivity index (χ4v) is 3.70. The highest BCUT2D eigenvalue weighted by atomic mass is 31.2. The van der Waals surface area contributed by atoms with Gasteiger partial charge in [-0.1, -0.05) is 30.0 Å². The molecular weight excluding hydrogens is 417 g/mol. The first-order valence-electron chi connectivity index (χ1n) is 8.77. The van der Waals surface area contributed by atoms with Crippen molar-refractivity contribution in [2.45, 2.75) is 30.6 Å². The zero-order valence-corrected chi connectivity index (χ0v) is 16.3. The van der Waals surface area contributed by atoms with Crippen molar-refractivity contribution < 1.29 is 34.4 Å². The molecule has 2 heterocycles. The Morgan fingerprint density at radius 2 is 1.87 bits per heavy atom. The molecule has 0 unspecified atom stereocenters. The van der Waals surface area contributed by atoms with Crippen molar-refractivity contribution in [3.05, 3.63) is 58.1 Å². The molecule has 7 N–H and O–H groups in total. The van der Waals surface area contributed by atoms with E-state index in [1.165, 1.54) is 6.20 Å². The first-order chi connectivity index (χ1) is 14.1. The molecular formula is C18H20N3O8P. The molecule has 1 aromatic carbocycles. The molecule has 0 saturated carbocycles. The summed E-state index contributed by atoms with van der Waals surface area (Å²) in [5.74, 6) is 5.46. The SMILES string of the molecule is Nc1nc(=O)n([C@@H]2O[C@H]([C@H](O)CP(=O)(O)O)[C@@H](O)[C@H]2O)cc1C#Cc1ccccc1. The van der Waals surface area contributed by atoms with Crippen LogP contribution in [0.2, 0.25) is 0 Å². The molecule has 3 rings (SSSR count). The van der Waals surface area contributed by atoms with Gasteiger partial charge in [-0.3, -0.25) is 9.13 Å². The van der Waals surface area contributed by atoms with Gasteiger partial charge in [0.15, 0.2) is 6.23 Å². The first-order valence-corrected chi connectivity index (χ1v) is 10.6. The van der Waals surface area contributed by atoms with Crippen molar-refractivity contribution in [1.82, 2.24) is 9.55 Å². The molecule has 5 atom stereocenters. The maximum Gasteiger partial charge on any atom is 0.351 e. The smallest absolute Gasteiger partial charge is 0.351 e. The van der Waals surface area contributed by atoms with E-state index in [9.17, 15) is 24.7 Å². The Morgan fingerprint density at radius 1 is 1.20 bits per heavy atom. The first kappa shape index (κ1) is 22.1. The minimum atomic E-state index is -4.61. The number of hydrogen-bond donors (Lipinski definition) is 6. The molecule has 1 saturated heterocycles. The van der Waals surface area contributed by atoms with E-state index in [2.05, 4.69) is 16.8 Å². The van der Waals surface area contributed by atoms with Crippen molar-refractivity contribution in [3.63, 3.8) is 0 Å². The Labute approximate surface area is 170 Å². The van der Waals surface area contributed by atoms with Crippen LogP contribution in [0.4, 0.5) is 5.82 Å². The van der Waals surface area contributed by atoms with E-state index in [4.69, 9.17) is 20.3 Å². The standard InChI is InChI=1S/C18H20N3O8P/c19-16-11(7-6-10-4-2-1-3-5-10)8-21(18(25)20-16)17-14(24)13(23)15(29-17)12(22)9-30(26,27)28/h1-5,8,12-15,17,22-24H,9H2,(H2,19,20,25)(H2,26,27,28)/t12-,13+,14-,15-,17-/m1/s1. The summed E-state index contributed by atoms with van der Waals surface area (Å²) in [4.78, 5) is 33.9. The summed E-state index contributed by atoms with van der Waals surface area (Å²) in [5.41, 5.74) is 5.69. The molecule has 0 bridgehead atoms. The number of rotatable bonds is 4. The van der Waals surface area contributed by atoms with Crippen LogP contribution in [0.5, 0.6) is 0 Å². The fourth-order valence-electron chi connectivity index (χ4n) is 3.00. The number of anilines is 1. The van der Waals surface area contributed by atoms with Gasteiger partial charge in [0.2, 0.25) is 0 Å². The molecule has 0 spiro atoms. The molecule has 2 aromatic rings. The third-order valence-corrected chi connectivity index (χ3v) is 5.30. The second kappa shape index (κ2) is 8.67. The van der Waals surface area contributed by atoms with Gasteiger partial charge in [0, 0.05) is 11.8 Å². The third kappa shape index (κ3) is 4.95. The third-order valence-electron chi connectivity index (χ3n) is 4.45. The van der Waals surface area contributed by atoms with Crippen LogP contribution < -0.4 is 11.4 Å². The van der Waals surface area contributed by atoms with E-state index in [0.29, 0.717) is 5.56 Å². The Kier molecular flexibility index (Phi) is 6.40. The molecule has 0 radical (unpaired) electrons. The average molecular weight is 437 g/mol. The van der Waals surface area contributed by atoms with Crippen molar-refractivity contribution in [2.24, 2.45) is 0 Å². The predicted molar refractivity (Wildman–Crippen MR) is 104 cm³/mol. The quantitative estimate of drug-likeness (QED) is 0.240. The van der Waals surface area contributed by atoms with Crippen molar-refractivity contribution >= 4 is 13.4 Å². The van der Waals surface area contributed by atoms with Gasteiger partial charge < -0.3 is 35.6 Å². The highest BCUT2D eigenvalue weighted by Gasteiger charge is 2.48. The van der Waals surface area contributed by atoms with Crippen LogP contribution in [0.15, 0.2) is 41.3 Å². The summed E-state index contributed by atoms with van der Waals surface area (Å²) >= 11 is 0. The number of hydrogen-bond acceptors (Lipinski definition) is 8. The number of nitrogen functional groups attached to an aromatic ring is 1. The van der Waals surface area contributed by atoms with Crippen molar-refractivity contribution in [2.75, 3.05) is 11.9 Å². The number of benzene rings is 1. The highest BCUT2D eigenvalue weighted by molar-refractivity contribution is 7.51. The summed E-state index contributed by atoms with van der Waals surface area (Å²) in [5, 5.41) is 30.4. The summed E-state index contributed by atoms with van der Waals surface area (Å²) in [6.45, 7) is 0. The van der Waals surface area contributed by atoms with Crippen LogP contribution >= 0.6 is 7.60 Å². The van der Waals surface area contributed by atoms with Crippen LogP contribution in [0.3, 0.4) is 0 Å². The van der Waals surface area contributed by atoms with E-state index < -0.39 is 50.1 Å². The van der Waals surface area contributed by atoms with Crippen LogP contribution in [0.25, 0.3) is 0 Å². The molecule has 0 amide bonds. The lowest BCUT2D eigenvalue weighted by atomic mass is 10.1. The van der Waals surface area contributed by atoms with E-state index in [-0.39, 0.29) is 11.4 Å². The van der Waals surface area contributed by atoms with Gasteiger partial charge in [0.05, 0.1) is 17.8 Å². The van der Waals surface area contributed by atoms with E-state index in [1.807, 2.05) is 6.07 Å². The van der Waals surface area contributed by atoms with Gasteiger partial charge in [-0.2, -0.15) is 4.98 Å². The molecule has 1 aliphatic heterocycles. The van der Waals surface area contributed by atoms with Gasteiger partial charge in [-0.25, -0.2) is 4.79 Å². The van der Waals surface area contributed by atoms with Crippen LogP contribution in [0, 0.1) is 11.8 Å². The second-order valence-corrected chi connectivity index (χ2v) is 8.43. The summed E-state index contributed by atoms with van der Waals surface area (Å²) < 4.78 is 17.3. The van der Waals surface area contributed by atoms with E-state index >= 15 is 0 Å². The van der Waals surface area contributed by atoms with Gasteiger partial charge in [0.25, 0.3) is 0 Å². The molecule has 160 valence electrons. The molecule has 1 fully saturated rings. The zero-order chi connectivity index (χ0) is 22.1. The molecule has 12 heteroatoms. The highest BCUT2D eigenvalue weighted by Crippen LogP contribution is 2.39. The Balaban J connectivity index is 1.91. The Hall–Kier alpha value is -2.55. The lowest BCUT2D eigenvalue weighted by molar-refractivity contribution is -0.0802. The normalized spacial score (nSPS) is 24.8. The maximum atomic E-state index is 12.3. The number of ether oxygens (including phenoxy) is 1. The number of aliphatic hydroxyl groups excluding tert-OH is 3. The van der Waals surface area contributed by atoms with Crippen molar-refractivity contribution in [3.8, 4) is 11.8 Å². The minimum absolute atomic E-state index is 0.147. The van der Waals surface area contributed by atoms with Crippen molar-refractivity contribution in [1.29, 1.82) is 0 Å². The number of aliphatic hydroxyl groups is 3. The summed E-state index contributed by atoms with van der Waals surface area (Å²) in [6.07, 6.45) is -7.99. The van der Waals surface area contributed by atoms with E-state index in [0.717, 1.165) is 4.57 Å². The van der Waals surface area contributed by atoms with Gasteiger partial charge in [0.1, 0.15) is 24.1 Å². The minimum Gasteiger partial charge on any atom is -0.390 e. The number of nitrogens with two attached hydrogens (primary N) is 1. The number of nitrogens with zero attached hydrogens (tertiary/aromatic N) is 2. The van der Waals surface area contributed by atoms with Gasteiger partial charge >= 0.3 is 13.3 Å². The lowest BCUT2D eigenvalue weighted by Crippen LogP contribution is -2.40. The predicted octanol–water partition coefficient (Wildman–Crippen LogP) is -1.62. The Bertz CT molecular complexity index is 1070. The average Bonchev–Trinajstić information content (AvgIpc) is 2.96. The maximum absolute atomic E-state index is 12.3. The number of aromatic nitrogens is 2. The molecule has 0 aliphatic carbocycles. The Morgan fingerprint density at radius 3 is 2.50 bits per heavy atom. The molecule has 1 aromatic heterocycles. The molecule has 11 nitrogen and oxygen atoms in total. The van der Waals surface area contributed by atoms with Gasteiger partial charge in [-0.05, 0) is 12.1 Å². The second-order valence-electron chi connectivity index (χ2n) is 6.73. The lowest BCUT2D eigenvalue weighted by Gasteiger charge is -2.21. The topological polar surface area (TPSA) is 188 Å². The summed E-state index contributed by atoms with van der Waals surface area (Å²) in [7, 11) is -4.61. The molecule has 30 heavy (non-hydrogen) atoms. The summed E-state index contributed by atoms with van der Waals surface area (Å²) in [6, 6.07) is 8.93.